The van der Waals surface area contributed by atoms with Gasteiger partial charge in [0.25, 0.3) is 0 Å². The Labute approximate surface area is 255 Å². The minimum atomic E-state index is 0.815. The summed E-state index contributed by atoms with van der Waals surface area (Å²) in [7, 11) is 2.15. The lowest BCUT2D eigenvalue weighted by atomic mass is 10.1. The van der Waals surface area contributed by atoms with Gasteiger partial charge in [-0.25, -0.2) is 4.68 Å². The summed E-state index contributed by atoms with van der Waals surface area (Å²) < 4.78 is 4.50. The zero-order valence-electron chi connectivity index (χ0n) is 24.3. The molecule has 210 valence electrons. The molecule has 5 nitrogen and oxygen atoms in total. The Bertz CT molecular complexity index is 2350. The summed E-state index contributed by atoms with van der Waals surface area (Å²) in [5, 5.41) is 8.71. The van der Waals surface area contributed by atoms with Crippen molar-refractivity contribution < 1.29 is 0 Å². The zero-order valence-corrected chi connectivity index (χ0v) is 24.3. The average molecular weight is 568 g/mol. The van der Waals surface area contributed by atoms with Crippen LogP contribution in [0, 0.1) is 0 Å². The van der Waals surface area contributed by atoms with Crippen molar-refractivity contribution in [2.24, 2.45) is 0 Å². The fourth-order valence-corrected chi connectivity index (χ4v) is 6.86. The van der Waals surface area contributed by atoms with Crippen LogP contribution in [0.4, 0.5) is 17.1 Å². The molecule has 8 aromatic rings. The molecule has 5 heteroatoms. The van der Waals surface area contributed by atoms with E-state index >= 15 is 0 Å². The Kier molecular flexibility index (Phi) is 5.41. The molecule has 0 bridgehead atoms. The lowest BCUT2D eigenvalue weighted by molar-refractivity contribution is 0.905. The van der Waals surface area contributed by atoms with Gasteiger partial charge in [-0.15, -0.1) is 0 Å². The van der Waals surface area contributed by atoms with Gasteiger partial charge in [0.15, 0.2) is 0 Å². The van der Waals surface area contributed by atoms with Crippen molar-refractivity contribution >= 4 is 49.8 Å². The van der Waals surface area contributed by atoms with E-state index in [2.05, 4.69) is 172 Å². The van der Waals surface area contributed by atoms with E-state index in [9.17, 15) is 0 Å². The molecular formula is C39H29N5. The third-order valence-electron chi connectivity index (χ3n) is 8.86. The average Bonchev–Trinajstić information content (AvgIpc) is 3.74. The highest BCUT2D eigenvalue weighted by Crippen LogP contribution is 2.41. The van der Waals surface area contributed by atoms with Crippen LogP contribution in [0.1, 0.15) is 0 Å². The van der Waals surface area contributed by atoms with Crippen LogP contribution < -0.4 is 9.80 Å². The minimum absolute atomic E-state index is 0.815. The normalized spacial score (nSPS) is 12.9. The number of para-hydroxylation sites is 3. The SMILES string of the molecule is CN1CN(c2cccc(-n3c4ccccc4c4ccc(-n5nc6ccccc6c5-c5ccccc5)cc43)c2)c2ccccc21. The van der Waals surface area contributed by atoms with Crippen molar-refractivity contribution in [2.75, 3.05) is 23.5 Å². The Balaban J connectivity index is 1.26. The lowest BCUT2D eigenvalue weighted by Crippen LogP contribution is -2.24. The molecule has 0 amide bonds. The third-order valence-corrected chi connectivity index (χ3v) is 8.86. The molecular weight excluding hydrogens is 538 g/mol. The second-order valence-corrected chi connectivity index (χ2v) is 11.5. The molecule has 0 atom stereocenters. The molecule has 6 aromatic carbocycles. The molecule has 0 fully saturated rings. The summed E-state index contributed by atoms with van der Waals surface area (Å²) >= 11 is 0. The Hall–Kier alpha value is -5.81. The number of hydrogen-bond donors (Lipinski definition) is 0. The summed E-state index contributed by atoms with van der Waals surface area (Å²) in [6, 6.07) is 51.9. The first kappa shape index (κ1) is 24.8. The predicted molar refractivity (Wildman–Crippen MR) is 183 cm³/mol. The second-order valence-electron chi connectivity index (χ2n) is 11.5. The fraction of sp³-hybridized carbons (Fsp3) is 0.0513. The summed E-state index contributed by atoms with van der Waals surface area (Å²) in [4.78, 5) is 4.69. The standard InChI is InChI=1S/C39H29N5/c1-41-26-42(37-21-10-9-20-36(37)41)28-14-11-15-29(24-28)43-35-19-8-6-16-31(35)32-23-22-30(25-38(32)43)44-39(27-12-3-2-4-13-27)33-17-5-7-18-34(33)40-44/h2-25H,26H2,1H3. The monoisotopic (exact) mass is 567 g/mol. The van der Waals surface area contributed by atoms with Gasteiger partial charge < -0.3 is 14.4 Å². The maximum Gasteiger partial charge on any atom is 0.0950 e. The van der Waals surface area contributed by atoms with Crippen LogP contribution in [0.5, 0.6) is 0 Å². The van der Waals surface area contributed by atoms with Gasteiger partial charge in [-0.05, 0) is 54.6 Å². The van der Waals surface area contributed by atoms with Crippen molar-refractivity contribution in [3.05, 3.63) is 146 Å². The summed E-state index contributed by atoms with van der Waals surface area (Å²) in [6.45, 7) is 0.815. The number of rotatable bonds is 4. The van der Waals surface area contributed by atoms with Gasteiger partial charge in [0.05, 0.1) is 46.0 Å². The number of anilines is 3. The molecule has 3 heterocycles. The van der Waals surface area contributed by atoms with Gasteiger partial charge in [-0.2, -0.15) is 5.10 Å². The van der Waals surface area contributed by atoms with E-state index in [4.69, 9.17) is 5.10 Å². The highest BCUT2D eigenvalue weighted by molar-refractivity contribution is 6.10. The van der Waals surface area contributed by atoms with Crippen LogP contribution in [0.2, 0.25) is 0 Å². The summed E-state index contributed by atoms with van der Waals surface area (Å²) in [5.41, 5.74) is 11.4. The molecule has 1 aliphatic heterocycles. The third kappa shape index (κ3) is 3.69. The highest BCUT2D eigenvalue weighted by atomic mass is 15.4. The topological polar surface area (TPSA) is 29.2 Å². The number of benzene rings is 6. The van der Waals surface area contributed by atoms with E-state index in [1.54, 1.807) is 0 Å². The molecule has 0 N–H and O–H groups in total. The number of nitrogens with zero attached hydrogens (tertiary/aromatic N) is 5. The maximum absolute atomic E-state index is 5.11. The first-order valence-corrected chi connectivity index (χ1v) is 15.0. The molecule has 9 rings (SSSR count). The fourth-order valence-electron chi connectivity index (χ4n) is 6.86. The van der Waals surface area contributed by atoms with E-state index in [-0.39, 0.29) is 0 Å². The van der Waals surface area contributed by atoms with Crippen molar-refractivity contribution in [2.45, 2.75) is 0 Å². The van der Waals surface area contributed by atoms with E-state index in [0.29, 0.717) is 0 Å². The van der Waals surface area contributed by atoms with E-state index in [1.807, 2.05) is 0 Å². The zero-order chi connectivity index (χ0) is 29.2. The first-order chi connectivity index (χ1) is 21.7. The van der Waals surface area contributed by atoms with Gasteiger partial charge in [0.2, 0.25) is 0 Å². The highest BCUT2D eigenvalue weighted by Gasteiger charge is 2.24. The van der Waals surface area contributed by atoms with Crippen LogP contribution in [-0.2, 0) is 0 Å². The first-order valence-electron chi connectivity index (χ1n) is 15.0. The van der Waals surface area contributed by atoms with Gasteiger partial charge in [-0.1, -0.05) is 91.0 Å². The van der Waals surface area contributed by atoms with Gasteiger partial charge in [0, 0.05) is 40.1 Å². The number of fused-ring (bicyclic) bond motifs is 5. The Morgan fingerprint density at radius 1 is 0.523 bits per heavy atom. The largest absolute Gasteiger partial charge is 0.355 e. The number of aromatic nitrogens is 3. The minimum Gasteiger partial charge on any atom is -0.355 e. The molecule has 0 aliphatic carbocycles. The molecule has 0 unspecified atom stereocenters. The smallest absolute Gasteiger partial charge is 0.0950 e. The lowest BCUT2D eigenvalue weighted by Gasteiger charge is -2.21. The van der Waals surface area contributed by atoms with Crippen molar-refractivity contribution in [3.63, 3.8) is 0 Å². The second kappa shape index (κ2) is 9.61. The molecule has 44 heavy (non-hydrogen) atoms. The molecule has 0 radical (unpaired) electrons. The summed E-state index contributed by atoms with van der Waals surface area (Å²) in [5.74, 6) is 0. The van der Waals surface area contributed by atoms with Crippen molar-refractivity contribution in [1.82, 2.24) is 14.3 Å². The van der Waals surface area contributed by atoms with Crippen LogP contribution in [0.3, 0.4) is 0 Å². The van der Waals surface area contributed by atoms with Gasteiger partial charge >= 0.3 is 0 Å². The van der Waals surface area contributed by atoms with Crippen molar-refractivity contribution in [1.29, 1.82) is 0 Å². The van der Waals surface area contributed by atoms with Crippen LogP contribution in [-0.4, -0.2) is 28.1 Å². The van der Waals surface area contributed by atoms with Crippen LogP contribution in [0.15, 0.2) is 146 Å². The quantitative estimate of drug-likeness (QED) is 0.212. The predicted octanol–water partition coefficient (Wildman–Crippen LogP) is 9.33. The van der Waals surface area contributed by atoms with Gasteiger partial charge in [-0.3, -0.25) is 0 Å². The van der Waals surface area contributed by atoms with Crippen molar-refractivity contribution in [3.8, 4) is 22.6 Å². The molecule has 2 aromatic heterocycles. The molecule has 0 spiro atoms. The molecule has 0 saturated heterocycles. The molecule has 0 saturated carbocycles. The van der Waals surface area contributed by atoms with Crippen LogP contribution >= 0.6 is 0 Å². The van der Waals surface area contributed by atoms with Crippen LogP contribution in [0.25, 0.3) is 55.3 Å². The molecule has 1 aliphatic rings. The van der Waals surface area contributed by atoms with E-state index < -0.39 is 0 Å². The van der Waals surface area contributed by atoms with E-state index in [1.165, 1.54) is 33.4 Å². The summed E-state index contributed by atoms with van der Waals surface area (Å²) in [6.07, 6.45) is 0. The Morgan fingerprint density at radius 3 is 2.11 bits per heavy atom. The van der Waals surface area contributed by atoms with E-state index in [0.717, 1.165) is 45.7 Å². The Morgan fingerprint density at radius 2 is 1.23 bits per heavy atom. The number of hydrogen-bond acceptors (Lipinski definition) is 3. The maximum atomic E-state index is 5.11. The van der Waals surface area contributed by atoms with Gasteiger partial charge in [0.1, 0.15) is 0 Å².